The van der Waals surface area contributed by atoms with Crippen LogP contribution in [0.3, 0.4) is 0 Å². The number of anilines is 1. The lowest BCUT2D eigenvalue weighted by Gasteiger charge is -2.24. The number of hydrogen-bond donors (Lipinski definition) is 1. The second-order valence-corrected chi connectivity index (χ2v) is 8.35. The zero-order chi connectivity index (χ0) is 21.4. The number of piperidine rings is 1. The molecule has 2 fully saturated rings. The van der Waals surface area contributed by atoms with Gasteiger partial charge in [0.25, 0.3) is 5.56 Å². The average molecular weight is 413 g/mol. The van der Waals surface area contributed by atoms with Gasteiger partial charge in [0.2, 0.25) is 11.9 Å². The molecule has 1 aliphatic heterocycles. The van der Waals surface area contributed by atoms with E-state index in [1.54, 1.807) is 7.05 Å². The van der Waals surface area contributed by atoms with Gasteiger partial charge in [0.05, 0.1) is 11.9 Å². The van der Waals surface area contributed by atoms with Crippen LogP contribution in [-0.4, -0.2) is 45.0 Å². The van der Waals surface area contributed by atoms with E-state index in [-0.39, 0.29) is 22.9 Å². The minimum Gasteiger partial charge on any atom is -0.355 e. The van der Waals surface area contributed by atoms with Crippen molar-refractivity contribution in [1.29, 1.82) is 0 Å². The van der Waals surface area contributed by atoms with Crippen LogP contribution in [0.15, 0.2) is 29.3 Å². The van der Waals surface area contributed by atoms with Crippen molar-refractivity contribution in [3.8, 4) is 11.3 Å². The lowest BCUT2D eigenvalue weighted by Crippen LogP contribution is -2.36. The van der Waals surface area contributed by atoms with Gasteiger partial charge in [0.1, 0.15) is 0 Å². The predicted octanol–water partition coefficient (Wildman–Crippen LogP) is 2.53. The van der Waals surface area contributed by atoms with Gasteiger partial charge in [-0.3, -0.25) is 19.1 Å². The summed E-state index contributed by atoms with van der Waals surface area (Å²) in [6.07, 6.45) is 4.37. The molecule has 8 heteroatoms. The number of carbonyl (C=O) groups is 1. The molecular formula is C22H28FN5O2. The highest BCUT2D eigenvalue weighted by Crippen LogP contribution is 2.51. The zero-order valence-corrected chi connectivity index (χ0v) is 17.6. The number of aromatic nitrogens is 3. The summed E-state index contributed by atoms with van der Waals surface area (Å²) in [7, 11) is 1.65. The highest BCUT2D eigenvalue weighted by molar-refractivity contribution is 5.79. The first-order valence-corrected chi connectivity index (χ1v) is 10.6. The van der Waals surface area contributed by atoms with Crippen molar-refractivity contribution in [2.24, 2.45) is 30.7 Å². The average Bonchev–Trinajstić information content (AvgIpc) is 3.18. The van der Waals surface area contributed by atoms with E-state index in [4.69, 9.17) is 0 Å². The van der Waals surface area contributed by atoms with E-state index >= 15 is 0 Å². The highest BCUT2D eigenvalue weighted by Gasteiger charge is 2.56. The van der Waals surface area contributed by atoms with Crippen LogP contribution in [0.1, 0.15) is 26.7 Å². The molecule has 0 aromatic carbocycles. The number of halogens is 1. The molecular weight excluding hydrogens is 385 g/mol. The van der Waals surface area contributed by atoms with E-state index in [0.29, 0.717) is 35.9 Å². The zero-order valence-electron chi connectivity index (χ0n) is 17.6. The Morgan fingerprint density at radius 1 is 1.30 bits per heavy atom. The number of likely N-dealkylation sites (tertiary alicyclic amines) is 1. The number of fused-ring (bicyclic) bond motifs is 1. The van der Waals surface area contributed by atoms with Gasteiger partial charge in [-0.1, -0.05) is 13.8 Å². The van der Waals surface area contributed by atoms with E-state index in [1.165, 1.54) is 22.9 Å². The second-order valence-electron chi connectivity index (χ2n) is 8.35. The third kappa shape index (κ3) is 3.70. The van der Waals surface area contributed by atoms with Crippen LogP contribution in [0.2, 0.25) is 0 Å². The first kappa shape index (κ1) is 20.5. The van der Waals surface area contributed by atoms with Gasteiger partial charge in [-0.2, -0.15) is 0 Å². The third-order valence-corrected chi connectivity index (χ3v) is 6.70. The molecule has 0 radical (unpaired) electrons. The van der Waals surface area contributed by atoms with Gasteiger partial charge in [0.15, 0.2) is 5.82 Å². The van der Waals surface area contributed by atoms with Crippen LogP contribution < -0.4 is 10.9 Å². The molecule has 2 aliphatic rings. The Balaban J connectivity index is 1.40. The molecule has 2 unspecified atom stereocenters. The van der Waals surface area contributed by atoms with Gasteiger partial charge in [-0.05, 0) is 36.7 Å². The van der Waals surface area contributed by atoms with E-state index in [1.807, 2.05) is 4.90 Å². The molecule has 2 aromatic heterocycles. The molecule has 1 saturated carbocycles. The number of hydrogen-bond acceptors (Lipinski definition) is 5. The summed E-state index contributed by atoms with van der Waals surface area (Å²) >= 11 is 0. The molecule has 4 rings (SSSR count). The summed E-state index contributed by atoms with van der Waals surface area (Å²) in [5.74, 6) is 1.81. The van der Waals surface area contributed by atoms with Crippen molar-refractivity contribution in [1.82, 2.24) is 19.4 Å². The molecule has 0 bridgehead atoms. The fourth-order valence-corrected chi connectivity index (χ4v) is 4.66. The number of pyridine rings is 1. The van der Waals surface area contributed by atoms with Crippen LogP contribution in [0.4, 0.5) is 10.3 Å². The van der Waals surface area contributed by atoms with E-state index in [2.05, 4.69) is 29.1 Å². The van der Waals surface area contributed by atoms with Crippen LogP contribution in [0, 0.1) is 29.5 Å². The summed E-state index contributed by atoms with van der Waals surface area (Å²) in [5.41, 5.74) is 0.291. The molecule has 0 spiro atoms. The Bertz CT molecular complexity index is 991. The Kier molecular flexibility index (Phi) is 5.58. The molecule has 2 aromatic rings. The van der Waals surface area contributed by atoms with E-state index in [9.17, 15) is 14.0 Å². The van der Waals surface area contributed by atoms with E-state index < -0.39 is 5.82 Å². The van der Waals surface area contributed by atoms with Gasteiger partial charge in [0, 0.05) is 50.4 Å². The molecule has 1 amide bonds. The van der Waals surface area contributed by atoms with Crippen molar-refractivity contribution >= 4 is 11.9 Å². The first-order valence-electron chi connectivity index (χ1n) is 10.6. The first-order chi connectivity index (χ1) is 14.4. The molecule has 1 N–H and O–H groups in total. The number of amides is 1. The highest BCUT2D eigenvalue weighted by atomic mass is 19.1. The monoisotopic (exact) mass is 413 g/mol. The van der Waals surface area contributed by atoms with Crippen molar-refractivity contribution < 1.29 is 9.18 Å². The van der Waals surface area contributed by atoms with Gasteiger partial charge in [-0.15, -0.1) is 0 Å². The van der Waals surface area contributed by atoms with Gasteiger partial charge < -0.3 is 10.2 Å². The summed E-state index contributed by atoms with van der Waals surface area (Å²) < 4.78 is 15.5. The minimum absolute atomic E-state index is 0.133. The normalized spacial score (nSPS) is 22.3. The molecule has 7 nitrogen and oxygen atoms in total. The van der Waals surface area contributed by atoms with Crippen LogP contribution in [0.25, 0.3) is 11.3 Å². The number of carbonyl (C=O) groups excluding carboxylic acids is 1. The van der Waals surface area contributed by atoms with Gasteiger partial charge in [-0.25, -0.2) is 9.37 Å². The molecule has 160 valence electrons. The fraction of sp³-hybridized carbons (Fsp3) is 0.545. The number of nitrogens with zero attached hydrogens (tertiary/aromatic N) is 4. The Morgan fingerprint density at radius 3 is 2.63 bits per heavy atom. The van der Waals surface area contributed by atoms with Gasteiger partial charge >= 0.3 is 0 Å². The Morgan fingerprint density at radius 2 is 2.00 bits per heavy atom. The summed E-state index contributed by atoms with van der Waals surface area (Å²) in [6.45, 7) is 6.46. The molecule has 3 heterocycles. The summed E-state index contributed by atoms with van der Waals surface area (Å²) in [6, 6.07) is 2.84. The maximum Gasteiger partial charge on any atom is 0.255 e. The Labute approximate surface area is 175 Å². The van der Waals surface area contributed by atoms with Crippen LogP contribution >= 0.6 is 0 Å². The lowest BCUT2D eigenvalue weighted by molar-refractivity contribution is -0.135. The topological polar surface area (TPSA) is 80.1 Å². The van der Waals surface area contributed by atoms with Crippen LogP contribution in [-0.2, 0) is 11.8 Å². The molecule has 1 saturated heterocycles. The minimum atomic E-state index is -0.511. The molecule has 1 aliphatic carbocycles. The maximum absolute atomic E-state index is 14.1. The number of rotatable bonds is 7. The quantitative estimate of drug-likeness (QED) is 0.755. The largest absolute Gasteiger partial charge is 0.355 e. The number of nitrogens with one attached hydrogen (secondary N) is 1. The summed E-state index contributed by atoms with van der Waals surface area (Å²) in [4.78, 5) is 35.1. The summed E-state index contributed by atoms with van der Waals surface area (Å²) in [5, 5.41) is 3.27. The smallest absolute Gasteiger partial charge is 0.255 e. The molecule has 2 atom stereocenters. The second kappa shape index (κ2) is 8.16. The SMILES string of the molecule is CCC(CC)C(=O)N1CC2C(CNc3nc(-c4ccncc4F)cc(=O)n3C)C2C1. The standard InChI is InChI=1S/C22H28FN5O2/c1-4-13(5-2)21(30)28-11-16-15(17(16)12-28)9-25-22-26-19(8-20(29)27(22)3)14-6-7-24-10-18(14)23/h6-8,10,13,15-17H,4-5,9,11-12H2,1-3H3,(H,25,26). The van der Waals surface area contributed by atoms with E-state index in [0.717, 1.165) is 32.1 Å². The fourth-order valence-electron chi connectivity index (χ4n) is 4.66. The van der Waals surface area contributed by atoms with Crippen LogP contribution in [0.5, 0.6) is 0 Å². The third-order valence-electron chi connectivity index (χ3n) is 6.70. The van der Waals surface area contributed by atoms with Crippen molar-refractivity contribution in [2.75, 3.05) is 25.0 Å². The van der Waals surface area contributed by atoms with Crippen molar-refractivity contribution in [3.63, 3.8) is 0 Å². The Hall–Kier alpha value is -2.77. The maximum atomic E-state index is 14.1. The van der Waals surface area contributed by atoms with Crippen molar-refractivity contribution in [2.45, 2.75) is 26.7 Å². The lowest BCUT2D eigenvalue weighted by atomic mass is 10.0. The predicted molar refractivity (Wildman–Crippen MR) is 112 cm³/mol. The molecule has 30 heavy (non-hydrogen) atoms. The van der Waals surface area contributed by atoms with Crippen molar-refractivity contribution in [3.05, 3.63) is 40.7 Å².